The van der Waals surface area contributed by atoms with Gasteiger partial charge in [0.25, 0.3) is 10.2 Å². The maximum absolute atomic E-state index is 12.7. The van der Waals surface area contributed by atoms with Crippen LogP contribution in [0, 0.1) is 5.92 Å². The summed E-state index contributed by atoms with van der Waals surface area (Å²) in [6.45, 7) is 3.78. The number of hydrogen-bond acceptors (Lipinski definition) is 3. The SMILES string of the molecule is CNCC1CCN(S(=O)(=O)N2CCCCCCC2)CC1. The topological polar surface area (TPSA) is 52.7 Å². The Balaban J connectivity index is 1.92. The molecule has 0 aromatic heterocycles. The lowest BCUT2D eigenvalue weighted by Crippen LogP contribution is -2.48. The maximum Gasteiger partial charge on any atom is 0.281 e. The highest BCUT2D eigenvalue weighted by molar-refractivity contribution is 7.86. The number of hydrogen-bond donors (Lipinski definition) is 1. The summed E-state index contributed by atoms with van der Waals surface area (Å²) in [5.74, 6) is 0.624. The lowest BCUT2D eigenvalue weighted by molar-refractivity contribution is 0.247. The highest BCUT2D eigenvalue weighted by atomic mass is 32.2. The second-order valence-corrected chi connectivity index (χ2v) is 8.00. The molecular weight excluding hydrogens is 274 g/mol. The van der Waals surface area contributed by atoms with E-state index in [1.54, 1.807) is 8.61 Å². The summed E-state index contributed by atoms with van der Waals surface area (Å²) in [6.07, 6.45) is 7.56. The van der Waals surface area contributed by atoms with Crippen LogP contribution in [0.15, 0.2) is 0 Å². The molecule has 0 aromatic carbocycles. The number of piperidine rings is 1. The summed E-state index contributed by atoms with van der Waals surface area (Å²) in [5, 5.41) is 3.19. The van der Waals surface area contributed by atoms with Crippen LogP contribution in [0.1, 0.15) is 44.9 Å². The molecule has 5 nitrogen and oxygen atoms in total. The first-order valence-electron chi connectivity index (χ1n) is 8.04. The van der Waals surface area contributed by atoms with Crippen LogP contribution < -0.4 is 5.32 Å². The van der Waals surface area contributed by atoms with Gasteiger partial charge in [-0.1, -0.05) is 19.3 Å². The van der Waals surface area contributed by atoms with E-state index in [-0.39, 0.29) is 0 Å². The average Bonchev–Trinajstić information content (AvgIpc) is 2.39. The predicted octanol–water partition coefficient (Wildman–Crippen LogP) is 1.43. The fourth-order valence-corrected chi connectivity index (χ4v) is 4.96. The Hall–Kier alpha value is -0.170. The molecule has 2 aliphatic rings. The molecule has 118 valence electrons. The van der Waals surface area contributed by atoms with Crippen molar-refractivity contribution in [3.8, 4) is 0 Å². The van der Waals surface area contributed by atoms with Gasteiger partial charge in [-0.05, 0) is 45.2 Å². The Morgan fingerprint density at radius 1 is 0.900 bits per heavy atom. The van der Waals surface area contributed by atoms with Gasteiger partial charge in [-0.2, -0.15) is 17.0 Å². The molecule has 2 saturated heterocycles. The number of nitrogens with zero attached hydrogens (tertiary/aromatic N) is 2. The monoisotopic (exact) mass is 303 g/mol. The van der Waals surface area contributed by atoms with Gasteiger partial charge >= 0.3 is 0 Å². The third kappa shape index (κ3) is 4.16. The van der Waals surface area contributed by atoms with Crippen molar-refractivity contribution in [3.63, 3.8) is 0 Å². The number of rotatable bonds is 4. The van der Waals surface area contributed by atoms with Gasteiger partial charge in [-0.25, -0.2) is 0 Å². The Kier molecular flexibility index (Phi) is 6.26. The molecule has 2 heterocycles. The van der Waals surface area contributed by atoms with E-state index in [1.807, 2.05) is 7.05 Å². The van der Waals surface area contributed by atoms with E-state index < -0.39 is 10.2 Å². The van der Waals surface area contributed by atoms with E-state index in [4.69, 9.17) is 0 Å². The zero-order chi connectivity index (χ0) is 14.4. The normalized spacial score (nSPS) is 25.2. The van der Waals surface area contributed by atoms with Gasteiger partial charge in [0.1, 0.15) is 0 Å². The molecule has 0 spiro atoms. The Morgan fingerprint density at radius 2 is 1.40 bits per heavy atom. The predicted molar refractivity (Wildman–Crippen MR) is 81.8 cm³/mol. The van der Waals surface area contributed by atoms with E-state index in [0.717, 1.165) is 45.1 Å². The van der Waals surface area contributed by atoms with Crippen LogP contribution in [0.5, 0.6) is 0 Å². The van der Waals surface area contributed by atoms with E-state index in [0.29, 0.717) is 32.1 Å². The van der Waals surface area contributed by atoms with Gasteiger partial charge < -0.3 is 5.32 Å². The maximum atomic E-state index is 12.7. The first-order chi connectivity index (χ1) is 9.64. The minimum Gasteiger partial charge on any atom is -0.319 e. The molecule has 2 rings (SSSR count). The lowest BCUT2D eigenvalue weighted by atomic mass is 9.98. The van der Waals surface area contributed by atoms with E-state index in [9.17, 15) is 8.42 Å². The largest absolute Gasteiger partial charge is 0.319 e. The van der Waals surface area contributed by atoms with Gasteiger partial charge in [0, 0.05) is 26.2 Å². The molecular formula is C14H29N3O2S. The highest BCUT2D eigenvalue weighted by Gasteiger charge is 2.32. The fraction of sp³-hybridized carbons (Fsp3) is 1.00. The molecule has 6 heteroatoms. The number of nitrogens with one attached hydrogen (secondary N) is 1. The molecule has 0 amide bonds. The van der Waals surface area contributed by atoms with Crippen molar-refractivity contribution in [1.29, 1.82) is 0 Å². The molecule has 0 radical (unpaired) electrons. The smallest absolute Gasteiger partial charge is 0.281 e. The summed E-state index contributed by atoms with van der Waals surface area (Å²) in [5.41, 5.74) is 0. The van der Waals surface area contributed by atoms with Crippen LogP contribution >= 0.6 is 0 Å². The minimum absolute atomic E-state index is 0.624. The molecule has 1 N–H and O–H groups in total. The second kappa shape index (κ2) is 7.73. The van der Waals surface area contributed by atoms with Crippen LogP contribution in [0.4, 0.5) is 0 Å². The molecule has 0 bridgehead atoms. The summed E-state index contributed by atoms with van der Waals surface area (Å²) in [4.78, 5) is 0. The summed E-state index contributed by atoms with van der Waals surface area (Å²) >= 11 is 0. The van der Waals surface area contributed by atoms with Gasteiger partial charge in [-0.3, -0.25) is 0 Å². The van der Waals surface area contributed by atoms with Crippen molar-refractivity contribution in [1.82, 2.24) is 13.9 Å². The van der Waals surface area contributed by atoms with Crippen LogP contribution in [0.3, 0.4) is 0 Å². The van der Waals surface area contributed by atoms with E-state index in [2.05, 4.69) is 5.32 Å². The van der Waals surface area contributed by atoms with Crippen LogP contribution in [-0.2, 0) is 10.2 Å². The average molecular weight is 303 g/mol. The first kappa shape index (κ1) is 16.2. The summed E-state index contributed by atoms with van der Waals surface area (Å²) < 4.78 is 28.8. The quantitative estimate of drug-likeness (QED) is 0.855. The molecule has 0 aromatic rings. The van der Waals surface area contributed by atoms with E-state index in [1.165, 1.54) is 6.42 Å². The standard InChI is InChI=1S/C14H29N3O2S/c1-15-13-14-7-11-17(12-8-14)20(18,19)16-9-5-3-2-4-6-10-16/h14-15H,2-13H2,1H3. The Bertz CT molecular complexity index is 370. The molecule has 0 unspecified atom stereocenters. The summed E-state index contributed by atoms with van der Waals surface area (Å²) in [7, 11) is -1.26. The zero-order valence-electron chi connectivity index (χ0n) is 12.7. The second-order valence-electron chi connectivity index (χ2n) is 6.07. The van der Waals surface area contributed by atoms with Crippen LogP contribution in [-0.4, -0.2) is 56.8 Å². The van der Waals surface area contributed by atoms with Crippen molar-refractivity contribution < 1.29 is 8.42 Å². The Morgan fingerprint density at radius 3 is 1.95 bits per heavy atom. The zero-order valence-corrected chi connectivity index (χ0v) is 13.5. The van der Waals surface area contributed by atoms with Crippen molar-refractivity contribution in [3.05, 3.63) is 0 Å². The fourth-order valence-electron chi connectivity index (χ4n) is 3.25. The van der Waals surface area contributed by atoms with Gasteiger partial charge in [-0.15, -0.1) is 0 Å². The molecule has 0 aliphatic carbocycles. The molecule has 20 heavy (non-hydrogen) atoms. The molecule has 2 aliphatic heterocycles. The minimum atomic E-state index is -3.22. The molecule has 0 atom stereocenters. The van der Waals surface area contributed by atoms with Crippen molar-refractivity contribution in [2.24, 2.45) is 5.92 Å². The lowest BCUT2D eigenvalue weighted by Gasteiger charge is -2.35. The van der Waals surface area contributed by atoms with Crippen molar-refractivity contribution >= 4 is 10.2 Å². The van der Waals surface area contributed by atoms with Gasteiger partial charge in [0.2, 0.25) is 0 Å². The third-order valence-corrected chi connectivity index (χ3v) is 6.57. The first-order valence-corrected chi connectivity index (χ1v) is 9.44. The van der Waals surface area contributed by atoms with Gasteiger partial charge in [0.05, 0.1) is 0 Å². The molecule has 0 saturated carbocycles. The summed E-state index contributed by atoms with van der Waals surface area (Å²) in [6, 6.07) is 0. The molecule has 2 fully saturated rings. The van der Waals surface area contributed by atoms with Crippen LogP contribution in [0.2, 0.25) is 0 Å². The third-order valence-electron chi connectivity index (χ3n) is 4.53. The van der Waals surface area contributed by atoms with Crippen LogP contribution in [0.25, 0.3) is 0 Å². The Labute approximate surface area is 123 Å². The highest BCUT2D eigenvalue weighted by Crippen LogP contribution is 2.22. The van der Waals surface area contributed by atoms with Gasteiger partial charge in [0.15, 0.2) is 0 Å². The van der Waals surface area contributed by atoms with E-state index >= 15 is 0 Å². The van der Waals surface area contributed by atoms with Crippen molar-refractivity contribution in [2.45, 2.75) is 44.9 Å². The van der Waals surface area contributed by atoms with Crippen molar-refractivity contribution in [2.75, 3.05) is 39.8 Å².